The molecule has 39 heavy (non-hydrogen) atoms. The largest absolute Gasteiger partial charge is 0.507 e. The molecule has 0 aliphatic carbocycles. The van der Waals surface area contributed by atoms with Crippen molar-refractivity contribution in [2.75, 3.05) is 0 Å². The normalized spacial score (nSPS) is 10.7. The Hall–Kier alpha value is -5.17. The van der Waals surface area contributed by atoms with Crippen molar-refractivity contribution in [3.8, 4) is 22.9 Å². The average Bonchev–Trinajstić information content (AvgIpc) is 2.96. The fourth-order valence-corrected chi connectivity index (χ4v) is 3.90. The number of hydrogen-bond donors (Lipinski definition) is 1. The van der Waals surface area contributed by atoms with Gasteiger partial charge >= 0.3 is 0 Å². The molecule has 0 aliphatic rings. The third-order valence-electron chi connectivity index (χ3n) is 6.13. The summed E-state index contributed by atoms with van der Waals surface area (Å²) in [5, 5.41) is 10.8. The van der Waals surface area contributed by atoms with Gasteiger partial charge in [-0.25, -0.2) is 15.0 Å². The summed E-state index contributed by atoms with van der Waals surface area (Å²) in [5.41, 5.74) is 3.97. The second kappa shape index (κ2) is 11.1. The first-order valence-electron chi connectivity index (χ1n) is 12.4. The summed E-state index contributed by atoms with van der Waals surface area (Å²) in [6, 6.07) is 28.3. The number of hydrogen-bond acceptors (Lipinski definition) is 7. The number of ketones is 2. The quantitative estimate of drug-likeness (QED) is 0.257. The number of nitrogens with zero attached hydrogens (tertiary/aromatic N) is 3. The summed E-state index contributed by atoms with van der Waals surface area (Å²) in [5.74, 6) is -1.01. The van der Waals surface area contributed by atoms with Crippen molar-refractivity contribution in [1.29, 1.82) is 0 Å². The molecule has 0 radical (unpaired) electrons. The van der Waals surface area contributed by atoms with Gasteiger partial charge in [-0.3, -0.25) is 9.59 Å². The number of rotatable bonds is 8. The fourth-order valence-electron chi connectivity index (χ4n) is 3.90. The molecule has 0 saturated carbocycles. The van der Waals surface area contributed by atoms with Crippen LogP contribution in [0.4, 0.5) is 0 Å². The molecule has 0 atom stereocenters. The van der Waals surface area contributed by atoms with E-state index in [9.17, 15) is 14.7 Å². The highest BCUT2D eigenvalue weighted by atomic mass is 16.5. The molecule has 0 aliphatic heterocycles. The van der Waals surface area contributed by atoms with Gasteiger partial charge in [-0.2, -0.15) is 0 Å². The molecule has 1 N–H and O–H groups in total. The van der Waals surface area contributed by atoms with Crippen LogP contribution in [0.1, 0.15) is 49.1 Å². The van der Waals surface area contributed by atoms with Crippen LogP contribution in [0.15, 0.2) is 97.1 Å². The molecule has 0 saturated heterocycles. The van der Waals surface area contributed by atoms with E-state index in [4.69, 9.17) is 4.74 Å². The molecule has 1 heterocycles. The molecule has 192 valence electrons. The van der Waals surface area contributed by atoms with Crippen LogP contribution >= 0.6 is 0 Å². The zero-order chi connectivity index (χ0) is 27.4. The van der Waals surface area contributed by atoms with Crippen LogP contribution in [0.25, 0.3) is 11.4 Å². The lowest BCUT2D eigenvalue weighted by Crippen LogP contribution is -2.16. The number of phenols is 1. The van der Waals surface area contributed by atoms with Crippen molar-refractivity contribution in [2.24, 2.45) is 0 Å². The second-order valence-electron chi connectivity index (χ2n) is 9.15. The Kier molecular flexibility index (Phi) is 7.23. The Morgan fingerprint density at radius 2 is 1.23 bits per heavy atom. The minimum absolute atomic E-state index is 0.00281. The number of aryl methyl sites for hydroxylation is 2. The first-order valence-corrected chi connectivity index (χ1v) is 12.4. The topological polar surface area (TPSA) is 102 Å². The number of phenolic OH excluding ortho intramolecular Hbond substituents is 1. The monoisotopic (exact) mass is 515 g/mol. The second-order valence-corrected chi connectivity index (χ2v) is 9.15. The van der Waals surface area contributed by atoms with Crippen molar-refractivity contribution < 1.29 is 19.4 Å². The fraction of sp³-hybridized carbons (Fsp3) is 0.0938. The van der Waals surface area contributed by atoms with Gasteiger partial charge in [0.15, 0.2) is 5.82 Å². The van der Waals surface area contributed by atoms with Gasteiger partial charge in [0.1, 0.15) is 18.1 Å². The number of carbonyl (C=O) groups is 2. The van der Waals surface area contributed by atoms with E-state index in [1.54, 1.807) is 36.4 Å². The van der Waals surface area contributed by atoms with Crippen molar-refractivity contribution in [2.45, 2.75) is 20.5 Å². The minimum atomic E-state index is -0.459. The summed E-state index contributed by atoms with van der Waals surface area (Å²) in [4.78, 5) is 39.6. The lowest BCUT2D eigenvalue weighted by molar-refractivity contribution is 0.102. The molecule has 0 fully saturated rings. The van der Waals surface area contributed by atoms with E-state index < -0.39 is 11.6 Å². The van der Waals surface area contributed by atoms with Crippen molar-refractivity contribution >= 4 is 11.6 Å². The van der Waals surface area contributed by atoms with E-state index in [-0.39, 0.29) is 28.8 Å². The van der Waals surface area contributed by atoms with E-state index in [1.807, 2.05) is 68.4 Å². The highest BCUT2D eigenvalue weighted by Crippen LogP contribution is 2.31. The third-order valence-corrected chi connectivity index (χ3v) is 6.13. The van der Waals surface area contributed by atoms with Gasteiger partial charge in [0, 0.05) is 17.2 Å². The highest BCUT2D eigenvalue weighted by Gasteiger charge is 2.22. The Morgan fingerprint density at radius 3 is 1.74 bits per heavy atom. The van der Waals surface area contributed by atoms with E-state index in [2.05, 4.69) is 15.0 Å². The Labute approximate surface area is 225 Å². The maximum absolute atomic E-state index is 13.3. The van der Waals surface area contributed by atoms with Crippen molar-refractivity contribution in [3.05, 3.63) is 137 Å². The van der Waals surface area contributed by atoms with Gasteiger partial charge in [0.25, 0.3) is 0 Å². The van der Waals surface area contributed by atoms with E-state index in [0.29, 0.717) is 23.5 Å². The van der Waals surface area contributed by atoms with Gasteiger partial charge in [-0.05, 0) is 31.5 Å². The SMILES string of the molecule is Cc1ccc(C(=O)c2nc(C(=O)c3ccc(C)cc3)nc(-c3ccc(OCc4ccccc4)cc3O)n2)cc1. The number of aromatic nitrogens is 3. The number of ether oxygens (including phenoxy) is 1. The van der Waals surface area contributed by atoms with Crippen LogP contribution in [0, 0.1) is 13.8 Å². The minimum Gasteiger partial charge on any atom is -0.507 e. The molecule has 1 aromatic heterocycles. The zero-order valence-corrected chi connectivity index (χ0v) is 21.5. The molecule has 5 rings (SSSR count). The highest BCUT2D eigenvalue weighted by molar-refractivity contribution is 6.09. The summed E-state index contributed by atoms with van der Waals surface area (Å²) >= 11 is 0. The first kappa shape index (κ1) is 25.5. The van der Waals surface area contributed by atoms with Crippen LogP contribution in [-0.2, 0) is 6.61 Å². The van der Waals surface area contributed by atoms with Crippen LogP contribution in [0.5, 0.6) is 11.5 Å². The molecule has 0 unspecified atom stereocenters. The molecule has 5 aromatic rings. The molecular weight excluding hydrogens is 490 g/mol. The molecule has 7 heteroatoms. The van der Waals surface area contributed by atoms with Crippen LogP contribution in [0.2, 0.25) is 0 Å². The predicted molar refractivity (Wildman–Crippen MR) is 147 cm³/mol. The Bertz CT molecular complexity index is 1570. The predicted octanol–water partition coefficient (Wildman–Crippen LogP) is 5.90. The lowest BCUT2D eigenvalue weighted by atomic mass is 10.1. The van der Waals surface area contributed by atoms with Gasteiger partial charge in [0.2, 0.25) is 23.2 Å². The van der Waals surface area contributed by atoms with Crippen LogP contribution < -0.4 is 4.74 Å². The molecule has 7 nitrogen and oxygen atoms in total. The summed E-state index contributed by atoms with van der Waals surface area (Å²) in [6.07, 6.45) is 0. The number of aromatic hydroxyl groups is 1. The van der Waals surface area contributed by atoms with Crippen LogP contribution in [-0.4, -0.2) is 31.6 Å². The maximum atomic E-state index is 13.3. The lowest BCUT2D eigenvalue weighted by Gasteiger charge is -2.11. The van der Waals surface area contributed by atoms with E-state index in [1.165, 1.54) is 6.07 Å². The Balaban J connectivity index is 1.52. The van der Waals surface area contributed by atoms with E-state index in [0.717, 1.165) is 16.7 Å². The molecule has 0 bridgehead atoms. The van der Waals surface area contributed by atoms with Crippen molar-refractivity contribution in [3.63, 3.8) is 0 Å². The summed E-state index contributed by atoms with van der Waals surface area (Å²) < 4.78 is 5.80. The zero-order valence-electron chi connectivity index (χ0n) is 21.5. The average molecular weight is 516 g/mol. The molecule has 4 aromatic carbocycles. The third kappa shape index (κ3) is 5.88. The standard InChI is InChI=1S/C32H25N3O4/c1-20-8-12-23(13-9-20)28(37)31-33-30(34-32(35-31)29(38)24-14-10-21(2)11-15-24)26-17-16-25(18-27(26)36)39-19-22-6-4-3-5-7-22/h3-18,36H,19H2,1-2H3. The van der Waals surface area contributed by atoms with Gasteiger partial charge in [0.05, 0.1) is 5.56 Å². The summed E-state index contributed by atoms with van der Waals surface area (Å²) in [6.45, 7) is 4.17. The molecule has 0 spiro atoms. The first-order chi connectivity index (χ1) is 18.9. The number of benzene rings is 4. The van der Waals surface area contributed by atoms with Gasteiger partial charge in [-0.15, -0.1) is 0 Å². The molecular formula is C32H25N3O4. The van der Waals surface area contributed by atoms with Crippen LogP contribution in [0.3, 0.4) is 0 Å². The van der Waals surface area contributed by atoms with Gasteiger partial charge < -0.3 is 9.84 Å². The Morgan fingerprint density at radius 1 is 0.692 bits per heavy atom. The van der Waals surface area contributed by atoms with Gasteiger partial charge in [-0.1, -0.05) is 90.0 Å². The van der Waals surface area contributed by atoms with E-state index >= 15 is 0 Å². The molecule has 0 amide bonds. The smallest absolute Gasteiger partial charge is 0.230 e. The number of carbonyl (C=O) groups excluding carboxylic acids is 2. The van der Waals surface area contributed by atoms with Crippen molar-refractivity contribution in [1.82, 2.24) is 15.0 Å². The summed E-state index contributed by atoms with van der Waals surface area (Å²) in [7, 11) is 0. The maximum Gasteiger partial charge on any atom is 0.230 e.